The molecule has 1 fully saturated rings. The first-order valence-electron chi connectivity index (χ1n) is 6.48. The number of carbonyl (C=O) groups excluding carboxylic acids is 1. The largest absolute Gasteiger partial charge is 0.457 e. The second kappa shape index (κ2) is 6.93. The molecule has 7 heteroatoms. The number of hydrogen-bond acceptors (Lipinski definition) is 4. The van der Waals surface area contributed by atoms with Gasteiger partial charge in [0.05, 0.1) is 4.91 Å². The first-order chi connectivity index (χ1) is 11.0. The maximum Gasteiger partial charge on any atom is 0.263 e. The van der Waals surface area contributed by atoms with Gasteiger partial charge in [-0.05, 0) is 42.0 Å². The Morgan fingerprint density at radius 2 is 1.83 bits per heavy atom. The van der Waals surface area contributed by atoms with Crippen LogP contribution in [0.4, 0.5) is 0 Å². The molecule has 0 aliphatic carbocycles. The third kappa shape index (κ3) is 4.26. The molecule has 0 atom stereocenters. The highest BCUT2D eigenvalue weighted by atomic mass is 35.5. The number of ether oxygens (including phenoxy) is 1. The lowest BCUT2D eigenvalue weighted by Crippen LogP contribution is -2.17. The zero-order chi connectivity index (χ0) is 16.4. The summed E-state index contributed by atoms with van der Waals surface area (Å²) in [5.74, 6) is 0.970. The van der Waals surface area contributed by atoms with Gasteiger partial charge in [0, 0.05) is 10.0 Å². The van der Waals surface area contributed by atoms with Crippen LogP contribution in [0.1, 0.15) is 5.56 Å². The summed E-state index contributed by atoms with van der Waals surface area (Å²) < 4.78 is 6.22. The van der Waals surface area contributed by atoms with Crippen LogP contribution in [0.25, 0.3) is 6.08 Å². The van der Waals surface area contributed by atoms with E-state index in [-0.39, 0.29) is 5.91 Å². The van der Waals surface area contributed by atoms with E-state index < -0.39 is 0 Å². The van der Waals surface area contributed by atoms with Gasteiger partial charge in [0.2, 0.25) is 0 Å². The first-order valence-corrected chi connectivity index (χ1v) is 8.46. The highest BCUT2D eigenvalue weighted by Gasteiger charge is 2.21. The summed E-state index contributed by atoms with van der Waals surface area (Å²) in [5, 5.41) is 3.58. The molecule has 0 aromatic heterocycles. The molecule has 1 aliphatic rings. The molecule has 3 rings (SSSR count). The Morgan fingerprint density at radius 3 is 2.48 bits per heavy atom. The van der Waals surface area contributed by atoms with E-state index in [1.807, 2.05) is 24.3 Å². The lowest BCUT2D eigenvalue weighted by atomic mass is 10.2. The van der Waals surface area contributed by atoms with Crippen LogP contribution in [0.5, 0.6) is 11.5 Å². The molecular weight excluding hydrogens is 373 g/mol. The van der Waals surface area contributed by atoms with Crippen LogP contribution < -0.4 is 10.1 Å². The van der Waals surface area contributed by atoms with Crippen LogP contribution in [-0.2, 0) is 4.79 Å². The average Bonchev–Trinajstić information content (AvgIpc) is 2.76. The second-order valence-corrected chi connectivity index (χ2v) is 7.22. The van der Waals surface area contributed by atoms with E-state index in [4.69, 9.17) is 40.2 Å². The van der Waals surface area contributed by atoms with E-state index in [0.717, 1.165) is 5.56 Å². The number of thiocarbonyl (C=S) groups is 1. The Bertz CT molecular complexity index is 816. The lowest BCUT2D eigenvalue weighted by Gasteiger charge is -2.07. The molecule has 0 radical (unpaired) electrons. The number of carbonyl (C=O) groups is 1. The summed E-state index contributed by atoms with van der Waals surface area (Å²) in [6.45, 7) is 0. The predicted molar refractivity (Wildman–Crippen MR) is 99.3 cm³/mol. The van der Waals surface area contributed by atoms with Gasteiger partial charge in [-0.1, -0.05) is 59.3 Å². The molecule has 2 aromatic rings. The maximum absolute atomic E-state index is 11.7. The van der Waals surface area contributed by atoms with Crippen molar-refractivity contribution in [2.75, 3.05) is 0 Å². The topological polar surface area (TPSA) is 38.3 Å². The highest BCUT2D eigenvalue weighted by Crippen LogP contribution is 2.30. The summed E-state index contributed by atoms with van der Waals surface area (Å²) in [5.41, 5.74) is 0.831. The zero-order valence-electron chi connectivity index (χ0n) is 11.5. The smallest absolute Gasteiger partial charge is 0.263 e. The van der Waals surface area contributed by atoms with Gasteiger partial charge < -0.3 is 10.1 Å². The quantitative estimate of drug-likeness (QED) is 0.580. The zero-order valence-corrected chi connectivity index (χ0v) is 14.7. The Labute approximate surface area is 152 Å². The van der Waals surface area contributed by atoms with Crippen LogP contribution in [0.15, 0.2) is 47.4 Å². The van der Waals surface area contributed by atoms with E-state index >= 15 is 0 Å². The molecule has 3 nitrogen and oxygen atoms in total. The van der Waals surface area contributed by atoms with Gasteiger partial charge in [0.1, 0.15) is 15.8 Å². The van der Waals surface area contributed by atoms with Crippen LogP contribution in [-0.4, -0.2) is 10.2 Å². The van der Waals surface area contributed by atoms with Crippen LogP contribution in [0.3, 0.4) is 0 Å². The molecule has 23 heavy (non-hydrogen) atoms. The molecule has 1 N–H and O–H groups in total. The minimum absolute atomic E-state index is 0.187. The number of nitrogens with one attached hydrogen (secondary N) is 1. The van der Waals surface area contributed by atoms with Crippen molar-refractivity contribution in [3.63, 3.8) is 0 Å². The van der Waals surface area contributed by atoms with E-state index in [2.05, 4.69) is 5.32 Å². The first kappa shape index (κ1) is 16.3. The molecule has 1 heterocycles. The summed E-state index contributed by atoms with van der Waals surface area (Å²) in [6.07, 6.45) is 1.76. The summed E-state index contributed by atoms with van der Waals surface area (Å²) in [7, 11) is 0. The molecule has 0 saturated carbocycles. The molecule has 2 aromatic carbocycles. The van der Waals surface area contributed by atoms with Crippen LogP contribution >= 0.6 is 47.2 Å². The van der Waals surface area contributed by atoms with E-state index in [0.29, 0.717) is 30.8 Å². The number of hydrogen-bond donors (Lipinski definition) is 1. The Morgan fingerprint density at radius 1 is 1.09 bits per heavy atom. The third-order valence-corrected chi connectivity index (χ3v) is 4.47. The number of amides is 1. The monoisotopic (exact) mass is 381 g/mol. The molecule has 0 bridgehead atoms. The Kier molecular flexibility index (Phi) is 4.92. The summed E-state index contributed by atoms with van der Waals surface area (Å²) in [6, 6.07) is 12.3. The van der Waals surface area contributed by atoms with Crippen molar-refractivity contribution >= 4 is 63.5 Å². The van der Waals surface area contributed by atoms with E-state index in [9.17, 15) is 4.79 Å². The maximum atomic E-state index is 11.7. The fraction of sp³-hybridized carbons (Fsp3) is 0. The van der Waals surface area contributed by atoms with Gasteiger partial charge in [0.15, 0.2) is 0 Å². The van der Waals surface area contributed by atoms with Crippen molar-refractivity contribution in [2.24, 2.45) is 0 Å². The molecule has 116 valence electrons. The summed E-state index contributed by atoms with van der Waals surface area (Å²) >= 11 is 18.1. The number of halogens is 2. The van der Waals surface area contributed by atoms with E-state index in [1.54, 1.807) is 24.3 Å². The minimum atomic E-state index is -0.187. The van der Waals surface area contributed by atoms with Crippen molar-refractivity contribution in [1.29, 1.82) is 0 Å². The fourth-order valence-electron chi connectivity index (χ4n) is 1.96. The van der Waals surface area contributed by atoms with Crippen molar-refractivity contribution in [3.05, 3.63) is 63.0 Å². The predicted octanol–water partition coefficient (Wildman–Crippen LogP) is 5.27. The second-order valence-electron chi connectivity index (χ2n) is 4.63. The van der Waals surface area contributed by atoms with Gasteiger partial charge in [-0.2, -0.15) is 0 Å². The number of thioether (sulfide) groups is 1. The van der Waals surface area contributed by atoms with Crippen LogP contribution in [0, 0.1) is 0 Å². The standard InChI is InChI=1S/C16H9Cl2NO2S2/c17-10-6-11(18)8-13(7-10)21-12-3-1-2-9(4-12)5-14-15(20)19-16(22)23-14/h1-8H,(H,19,20,22)/b14-5-. The minimum Gasteiger partial charge on any atom is -0.457 e. The average molecular weight is 382 g/mol. The van der Waals surface area contributed by atoms with Gasteiger partial charge in [-0.15, -0.1) is 0 Å². The van der Waals surface area contributed by atoms with Crippen LogP contribution in [0.2, 0.25) is 10.0 Å². The third-order valence-electron chi connectivity index (χ3n) is 2.87. The number of rotatable bonds is 3. The molecule has 1 aliphatic heterocycles. The van der Waals surface area contributed by atoms with Crippen molar-refractivity contribution < 1.29 is 9.53 Å². The van der Waals surface area contributed by atoms with Crippen molar-refractivity contribution in [3.8, 4) is 11.5 Å². The van der Waals surface area contributed by atoms with Gasteiger partial charge in [0.25, 0.3) is 5.91 Å². The highest BCUT2D eigenvalue weighted by molar-refractivity contribution is 8.26. The fourth-order valence-corrected chi connectivity index (χ4v) is 3.51. The number of benzene rings is 2. The normalized spacial score (nSPS) is 15.8. The summed E-state index contributed by atoms with van der Waals surface area (Å²) in [4.78, 5) is 12.2. The van der Waals surface area contributed by atoms with Crippen molar-refractivity contribution in [1.82, 2.24) is 5.32 Å². The molecular formula is C16H9Cl2NO2S2. The van der Waals surface area contributed by atoms with E-state index in [1.165, 1.54) is 11.8 Å². The molecule has 0 spiro atoms. The molecule has 1 amide bonds. The van der Waals surface area contributed by atoms with Gasteiger partial charge in [-0.3, -0.25) is 4.79 Å². The van der Waals surface area contributed by atoms with Crippen molar-refractivity contribution in [2.45, 2.75) is 0 Å². The van der Waals surface area contributed by atoms with Gasteiger partial charge >= 0.3 is 0 Å². The Balaban J connectivity index is 1.84. The molecule has 1 saturated heterocycles. The molecule has 0 unspecified atom stereocenters. The van der Waals surface area contributed by atoms with Gasteiger partial charge in [-0.25, -0.2) is 0 Å². The lowest BCUT2D eigenvalue weighted by molar-refractivity contribution is -0.115. The SMILES string of the molecule is O=C1NC(=S)S/C1=C\c1cccc(Oc2cc(Cl)cc(Cl)c2)c1. The Hall–Kier alpha value is -1.53.